The molecular formula is C19H33NO. The second kappa shape index (κ2) is 12.5. The number of nitrogens with one attached hydrogen (secondary N) is 1. The van der Waals surface area contributed by atoms with Crippen molar-refractivity contribution >= 4 is 6.08 Å². The van der Waals surface area contributed by atoms with E-state index >= 15 is 0 Å². The van der Waals surface area contributed by atoms with Crippen LogP contribution in [0.5, 0.6) is 5.75 Å². The van der Waals surface area contributed by atoms with Gasteiger partial charge in [-0.25, -0.2) is 0 Å². The Bertz CT molecular complexity index is 364. The van der Waals surface area contributed by atoms with E-state index in [4.69, 9.17) is 4.74 Å². The lowest BCUT2D eigenvalue weighted by Crippen LogP contribution is -2.23. The molecule has 2 heteroatoms. The molecule has 0 aliphatic rings. The third kappa shape index (κ3) is 11.1. The van der Waals surface area contributed by atoms with E-state index in [1.807, 2.05) is 30.3 Å². The monoisotopic (exact) mass is 291 g/mol. The number of ether oxygens (including phenoxy) is 1. The summed E-state index contributed by atoms with van der Waals surface area (Å²) < 4.78 is 5.51. The van der Waals surface area contributed by atoms with E-state index in [0.29, 0.717) is 0 Å². The van der Waals surface area contributed by atoms with E-state index in [1.165, 1.54) is 0 Å². The van der Waals surface area contributed by atoms with Gasteiger partial charge in [-0.1, -0.05) is 65.5 Å². The van der Waals surface area contributed by atoms with Crippen molar-refractivity contribution in [3.63, 3.8) is 0 Å². The van der Waals surface area contributed by atoms with Gasteiger partial charge >= 0.3 is 0 Å². The molecule has 0 radical (unpaired) electrons. The van der Waals surface area contributed by atoms with Gasteiger partial charge < -0.3 is 10.1 Å². The molecule has 1 aromatic carbocycles. The van der Waals surface area contributed by atoms with E-state index in [0.717, 1.165) is 49.3 Å². The molecule has 0 heterocycles. The molecule has 0 aliphatic heterocycles. The molecule has 0 amide bonds. The summed E-state index contributed by atoms with van der Waals surface area (Å²) in [4.78, 5) is 0. The van der Waals surface area contributed by atoms with Crippen LogP contribution in [0.1, 0.15) is 46.6 Å². The summed E-state index contributed by atoms with van der Waals surface area (Å²) in [6, 6.07) is 7.92. The summed E-state index contributed by atoms with van der Waals surface area (Å²) in [5.41, 5.74) is 1.06. The Kier molecular flexibility index (Phi) is 11.7. The van der Waals surface area contributed by atoms with Crippen LogP contribution in [0.15, 0.2) is 30.8 Å². The van der Waals surface area contributed by atoms with Crippen LogP contribution in [0.3, 0.4) is 0 Å². The molecule has 120 valence electrons. The molecule has 0 bridgehead atoms. The van der Waals surface area contributed by atoms with E-state index < -0.39 is 0 Å². The minimum atomic E-state index is 0.769. The Hall–Kier alpha value is -1.28. The number of hydrogen-bond donors (Lipinski definition) is 1. The van der Waals surface area contributed by atoms with Crippen molar-refractivity contribution in [2.45, 2.75) is 41.0 Å². The molecule has 0 fully saturated rings. The number of rotatable bonds is 8. The van der Waals surface area contributed by atoms with Crippen molar-refractivity contribution in [3.8, 4) is 5.75 Å². The summed E-state index contributed by atoms with van der Waals surface area (Å²) in [5, 5.41) is 3.38. The van der Waals surface area contributed by atoms with Gasteiger partial charge in [0, 0.05) is 5.56 Å². The minimum absolute atomic E-state index is 0.769. The molecule has 0 aliphatic carbocycles. The van der Waals surface area contributed by atoms with Gasteiger partial charge in [0.25, 0.3) is 0 Å². The van der Waals surface area contributed by atoms with Gasteiger partial charge in [0.2, 0.25) is 0 Å². The molecule has 0 saturated carbocycles. The Labute approximate surface area is 131 Å². The highest BCUT2D eigenvalue weighted by Crippen LogP contribution is 2.18. The van der Waals surface area contributed by atoms with Gasteiger partial charge in [0.1, 0.15) is 5.75 Å². The molecule has 0 aromatic heterocycles. The zero-order valence-corrected chi connectivity index (χ0v) is 14.5. The molecule has 1 aromatic rings. The van der Waals surface area contributed by atoms with Gasteiger partial charge in [0.15, 0.2) is 0 Å². The lowest BCUT2D eigenvalue weighted by Gasteiger charge is -2.08. The predicted octanol–water partition coefficient (Wildman–Crippen LogP) is 5.01. The Morgan fingerprint density at radius 1 is 1.10 bits per heavy atom. The van der Waals surface area contributed by atoms with E-state index in [2.05, 4.69) is 46.5 Å². The van der Waals surface area contributed by atoms with E-state index in [1.54, 1.807) is 0 Å². The van der Waals surface area contributed by atoms with Crippen LogP contribution >= 0.6 is 0 Å². The molecule has 1 rings (SSSR count). The van der Waals surface area contributed by atoms with Gasteiger partial charge in [0.05, 0.1) is 6.61 Å². The van der Waals surface area contributed by atoms with Crippen LogP contribution in [-0.4, -0.2) is 19.7 Å². The van der Waals surface area contributed by atoms with Crippen LogP contribution in [0.25, 0.3) is 6.08 Å². The van der Waals surface area contributed by atoms with Gasteiger partial charge in [-0.2, -0.15) is 0 Å². The largest absolute Gasteiger partial charge is 0.493 e. The summed E-state index contributed by atoms with van der Waals surface area (Å²) in [7, 11) is 0. The first-order chi connectivity index (χ1) is 10.0. The lowest BCUT2D eigenvalue weighted by molar-refractivity contribution is 0.317. The molecule has 0 atom stereocenters. The molecule has 0 spiro atoms. The third-order valence-corrected chi connectivity index (χ3v) is 2.71. The van der Waals surface area contributed by atoms with Crippen molar-refractivity contribution in [1.29, 1.82) is 0 Å². The molecule has 0 unspecified atom stereocenters. The molecule has 2 nitrogen and oxygen atoms in total. The van der Waals surface area contributed by atoms with Crippen LogP contribution in [-0.2, 0) is 0 Å². The Balaban J connectivity index is 0.000000400. The maximum atomic E-state index is 5.51. The Morgan fingerprint density at radius 2 is 1.67 bits per heavy atom. The van der Waals surface area contributed by atoms with Gasteiger partial charge in [-0.3, -0.25) is 0 Å². The van der Waals surface area contributed by atoms with Crippen LogP contribution < -0.4 is 10.1 Å². The average Bonchev–Trinajstić information content (AvgIpc) is 2.45. The minimum Gasteiger partial charge on any atom is -0.493 e. The quantitative estimate of drug-likeness (QED) is 0.727. The highest BCUT2D eigenvalue weighted by molar-refractivity contribution is 5.55. The van der Waals surface area contributed by atoms with Crippen LogP contribution in [0, 0.1) is 11.8 Å². The van der Waals surface area contributed by atoms with Crippen LogP contribution in [0.2, 0.25) is 0 Å². The molecule has 21 heavy (non-hydrogen) atoms. The summed E-state index contributed by atoms with van der Waals surface area (Å²) in [6.07, 6.45) is 2.84. The standard InChI is InChI=1S/C11H14O.C8H19N/c1-3-9-12-11-8-6-5-7-10(11)4-2;1-7(2)5-9-6-8(3)4/h4-8H,2-3,9H2,1H3;7-9H,5-6H2,1-4H3. The predicted molar refractivity (Wildman–Crippen MR) is 94.9 cm³/mol. The average molecular weight is 291 g/mol. The first-order valence-corrected chi connectivity index (χ1v) is 8.06. The summed E-state index contributed by atoms with van der Waals surface area (Å²) in [6.45, 7) is 17.8. The highest BCUT2D eigenvalue weighted by atomic mass is 16.5. The first-order valence-electron chi connectivity index (χ1n) is 8.06. The zero-order chi connectivity index (χ0) is 16.1. The number of benzene rings is 1. The number of para-hydroxylation sites is 1. The lowest BCUT2D eigenvalue weighted by atomic mass is 10.2. The van der Waals surface area contributed by atoms with E-state index in [-0.39, 0.29) is 0 Å². The van der Waals surface area contributed by atoms with Crippen molar-refractivity contribution in [3.05, 3.63) is 36.4 Å². The summed E-state index contributed by atoms with van der Waals surface area (Å²) in [5.74, 6) is 2.49. The maximum Gasteiger partial charge on any atom is 0.126 e. The second-order valence-corrected chi connectivity index (χ2v) is 6.04. The molecule has 1 N–H and O–H groups in total. The van der Waals surface area contributed by atoms with Crippen molar-refractivity contribution in [2.75, 3.05) is 19.7 Å². The smallest absolute Gasteiger partial charge is 0.126 e. The third-order valence-electron chi connectivity index (χ3n) is 2.71. The van der Waals surface area contributed by atoms with E-state index in [9.17, 15) is 0 Å². The molecular weight excluding hydrogens is 258 g/mol. The topological polar surface area (TPSA) is 21.3 Å². The summed E-state index contributed by atoms with van der Waals surface area (Å²) >= 11 is 0. The normalized spacial score (nSPS) is 10.2. The number of hydrogen-bond acceptors (Lipinski definition) is 2. The first kappa shape index (κ1) is 19.7. The van der Waals surface area contributed by atoms with Crippen LogP contribution in [0.4, 0.5) is 0 Å². The Morgan fingerprint density at radius 3 is 2.14 bits per heavy atom. The fourth-order valence-corrected chi connectivity index (χ4v) is 1.65. The van der Waals surface area contributed by atoms with Gasteiger partial charge in [-0.05, 0) is 37.4 Å². The maximum absolute atomic E-state index is 5.51. The fraction of sp³-hybridized carbons (Fsp3) is 0.579. The van der Waals surface area contributed by atoms with Gasteiger partial charge in [-0.15, -0.1) is 0 Å². The highest BCUT2D eigenvalue weighted by Gasteiger charge is 1.96. The fourth-order valence-electron chi connectivity index (χ4n) is 1.65. The molecule has 0 saturated heterocycles. The van der Waals surface area contributed by atoms with Crippen molar-refractivity contribution in [1.82, 2.24) is 5.32 Å². The zero-order valence-electron chi connectivity index (χ0n) is 14.5. The van der Waals surface area contributed by atoms with Crippen molar-refractivity contribution in [2.24, 2.45) is 11.8 Å². The second-order valence-electron chi connectivity index (χ2n) is 6.04. The SMILES string of the molecule is C=Cc1ccccc1OCCC.CC(C)CNCC(C)C. The van der Waals surface area contributed by atoms with Crippen molar-refractivity contribution < 1.29 is 4.74 Å².